The molecule has 2 aromatic carbocycles. The Balaban J connectivity index is 2.09. The van der Waals surface area contributed by atoms with Crippen LogP contribution in [0.3, 0.4) is 0 Å². The number of ketones is 1. The van der Waals surface area contributed by atoms with E-state index in [4.69, 9.17) is 27.9 Å². The Labute approximate surface area is 145 Å². The van der Waals surface area contributed by atoms with Crippen LogP contribution in [0.5, 0.6) is 5.75 Å². The number of carbonyl (C=O) groups is 1. The number of carbonyl (C=O) groups excluding carboxylic acids is 1. The van der Waals surface area contributed by atoms with E-state index in [1.54, 1.807) is 6.08 Å². The number of benzene rings is 2. The third-order valence-electron chi connectivity index (χ3n) is 4.29. The first-order chi connectivity index (χ1) is 11.0. The molecule has 0 radical (unpaired) electrons. The lowest BCUT2D eigenvalue weighted by Gasteiger charge is -2.22. The minimum Gasteiger partial charge on any atom is -0.488 e. The summed E-state index contributed by atoms with van der Waals surface area (Å²) in [6, 6.07) is 11.6. The number of hydrogen-bond donors (Lipinski definition) is 0. The number of fused-ring (bicyclic) bond motifs is 1. The van der Waals surface area contributed by atoms with Gasteiger partial charge in [0.15, 0.2) is 5.78 Å². The van der Waals surface area contributed by atoms with Crippen molar-refractivity contribution in [1.82, 2.24) is 0 Å². The zero-order valence-electron chi connectivity index (χ0n) is 12.7. The number of Topliss-reactive ketones (excluding diaryl/α,β-unsaturated/α-hetero) is 1. The van der Waals surface area contributed by atoms with Crippen molar-refractivity contribution in [2.45, 2.75) is 18.8 Å². The molecule has 0 spiro atoms. The molecule has 0 saturated carbocycles. The first-order valence-electron chi connectivity index (χ1n) is 7.34. The van der Waals surface area contributed by atoms with E-state index in [-0.39, 0.29) is 15.8 Å². The molecule has 3 rings (SSSR count). The van der Waals surface area contributed by atoms with Crippen molar-refractivity contribution in [3.63, 3.8) is 0 Å². The van der Waals surface area contributed by atoms with Gasteiger partial charge in [0.25, 0.3) is 0 Å². The molecule has 1 atom stereocenters. The largest absolute Gasteiger partial charge is 0.488 e. The fraction of sp³-hybridized carbons (Fsp3) is 0.211. The van der Waals surface area contributed by atoms with Gasteiger partial charge in [0.1, 0.15) is 17.4 Å². The molecule has 1 aliphatic rings. The van der Waals surface area contributed by atoms with E-state index in [1.165, 1.54) is 0 Å². The molecule has 1 aliphatic carbocycles. The minimum absolute atomic E-state index is 0.000806. The van der Waals surface area contributed by atoms with Gasteiger partial charge in [-0.1, -0.05) is 66.2 Å². The van der Waals surface area contributed by atoms with E-state index >= 15 is 0 Å². The van der Waals surface area contributed by atoms with Crippen molar-refractivity contribution in [3.8, 4) is 5.75 Å². The first-order valence-corrected chi connectivity index (χ1v) is 8.09. The lowest BCUT2D eigenvalue weighted by molar-refractivity contribution is 0.0915. The van der Waals surface area contributed by atoms with Crippen LogP contribution in [0.2, 0.25) is 10.0 Å². The highest BCUT2D eigenvalue weighted by Crippen LogP contribution is 2.47. The second-order valence-corrected chi connectivity index (χ2v) is 6.60. The summed E-state index contributed by atoms with van der Waals surface area (Å²) < 4.78 is 5.56. The highest BCUT2D eigenvalue weighted by Gasteiger charge is 2.45. The Kier molecular flexibility index (Phi) is 4.22. The summed E-state index contributed by atoms with van der Waals surface area (Å²) in [5.74, 6) is 0.487. The maximum Gasteiger partial charge on any atom is 0.175 e. The van der Waals surface area contributed by atoms with Crippen LogP contribution in [-0.2, 0) is 11.8 Å². The average Bonchev–Trinajstić information content (AvgIpc) is 2.82. The first kappa shape index (κ1) is 16.1. The average molecular weight is 347 g/mol. The van der Waals surface area contributed by atoms with Gasteiger partial charge in [-0.25, -0.2) is 0 Å². The van der Waals surface area contributed by atoms with Crippen molar-refractivity contribution in [2.24, 2.45) is 0 Å². The van der Waals surface area contributed by atoms with Crippen LogP contribution >= 0.6 is 23.2 Å². The van der Waals surface area contributed by atoms with E-state index in [0.717, 1.165) is 11.1 Å². The molecule has 0 amide bonds. The molecule has 2 nitrogen and oxygen atoms in total. The second kappa shape index (κ2) is 6.03. The molecule has 0 bridgehead atoms. The zero-order valence-corrected chi connectivity index (χ0v) is 14.2. The van der Waals surface area contributed by atoms with E-state index < -0.39 is 5.41 Å². The van der Waals surface area contributed by atoms with Crippen LogP contribution < -0.4 is 4.74 Å². The molecular formula is C19H16Cl2O2. The highest BCUT2D eigenvalue weighted by molar-refractivity contribution is 6.45. The van der Waals surface area contributed by atoms with Gasteiger partial charge in [0.05, 0.1) is 10.4 Å². The lowest BCUT2D eigenvalue weighted by atomic mass is 9.79. The van der Waals surface area contributed by atoms with Gasteiger partial charge in [-0.3, -0.25) is 4.79 Å². The predicted molar refractivity (Wildman–Crippen MR) is 94.0 cm³/mol. The van der Waals surface area contributed by atoms with Crippen molar-refractivity contribution in [3.05, 3.63) is 75.8 Å². The number of hydrogen-bond acceptors (Lipinski definition) is 2. The summed E-state index contributed by atoms with van der Waals surface area (Å²) in [4.78, 5) is 13.0. The van der Waals surface area contributed by atoms with Gasteiger partial charge in [0.2, 0.25) is 0 Å². The molecule has 0 fully saturated rings. The Hall–Kier alpha value is -1.77. The van der Waals surface area contributed by atoms with E-state index in [0.29, 0.717) is 24.3 Å². The van der Waals surface area contributed by atoms with Crippen molar-refractivity contribution in [1.29, 1.82) is 0 Å². The standard InChI is InChI=1S/C19H16Cl2O2/c1-3-9-23-14-10-12-11-19(2,13-7-5-4-6-8-13)18(22)15(12)17(21)16(14)20/h3-8,10H,1,9,11H2,2H3. The van der Waals surface area contributed by atoms with Crippen LogP contribution in [0.25, 0.3) is 0 Å². The van der Waals surface area contributed by atoms with Crippen molar-refractivity contribution >= 4 is 29.0 Å². The topological polar surface area (TPSA) is 26.3 Å². The van der Waals surface area contributed by atoms with E-state index in [2.05, 4.69) is 6.58 Å². The van der Waals surface area contributed by atoms with Crippen LogP contribution in [0.1, 0.15) is 28.4 Å². The molecule has 0 aliphatic heterocycles. The molecule has 4 heteroatoms. The number of ether oxygens (including phenoxy) is 1. The zero-order chi connectivity index (χ0) is 16.6. The van der Waals surface area contributed by atoms with Gasteiger partial charge in [-0.05, 0) is 30.5 Å². The summed E-state index contributed by atoms with van der Waals surface area (Å²) >= 11 is 12.6. The van der Waals surface area contributed by atoms with Gasteiger partial charge < -0.3 is 4.74 Å². The van der Waals surface area contributed by atoms with Crippen LogP contribution in [0.4, 0.5) is 0 Å². The number of rotatable bonds is 4. The Morgan fingerprint density at radius 2 is 1.96 bits per heavy atom. The summed E-state index contributed by atoms with van der Waals surface area (Å²) in [7, 11) is 0. The lowest BCUT2D eigenvalue weighted by Crippen LogP contribution is -2.29. The third-order valence-corrected chi connectivity index (χ3v) is 5.14. The summed E-state index contributed by atoms with van der Waals surface area (Å²) in [5, 5.41) is 0.547. The quantitative estimate of drug-likeness (QED) is 0.706. The fourth-order valence-electron chi connectivity index (χ4n) is 3.07. The summed E-state index contributed by atoms with van der Waals surface area (Å²) in [6.45, 7) is 5.90. The minimum atomic E-state index is -0.631. The van der Waals surface area contributed by atoms with Gasteiger partial charge in [0, 0.05) is 5.56 Å². The smallest absolute Gasteiger partial charge is 0.175 e. The normalized spacial score (nSPS) is 19.5. The highest BCUT2D eigenvalue weighted by atomic mass is 35.5. The van der Waals surface area contributed by atoms with Gasteiger partial charge in [-0.15, -0.1) is 0 Å². The van der Waals surface area contributed by atoms with E-state index in [9.17, 15) is 4.79 Å². The maximum atomic E-state index is 13.0. The SMILES string of the molecule is C=CCOc1cc2c(c(Cl)c1Cl)C(=O)C(C)(c1ccccc1)C2. The molecule has 0 N–H and O–H groups in total. The molecule has 23 heavy (non-hydrogen) atoms. The number of halogens is 2. The molecule has 2 aromatic rings. The van der Waals surface area contributed by atoms with Crippen molar-refractivity contribution in [2.75, 3.05) is 6.61 Å². The summed E-state index contributed by atoms with van der Waals surface area (Å²) in [5.41, 5.74) is 1.72. The van der Waals surface area contributed by atoms with Gasteiger partial charge >= 0.3 is 0 Å². The summed E-state index contributed by atoms with van der Waals surface area (Å²) in [6.07, 6.45) is 2.21. The fourth-order valence-corrected chi connectivity index (χ4v) is 3.57. The Bertz CT molecular complexity index is 784. The van der Waals surface area contributed by atoms with Crippen LogP contribution in [0.15, 0.2) is 49.1 Å². The third kappa shape index (κ3) is 2.56. The molecule has 0 aromatic heterocycles. The maximum absolute atomic E-state index is 13.0. The van der Waals surface area contributed by atoms with Gasteiger partial charge in [-0.2, -0.15) is 0 Å². The molecule has 0 saturated heterocycles. The Morgan fingerprint density at radius 1 is 1.26 bits per heavy atom. The second-order valence-electron chi connectivity index (χ2n) is 5.84. The van der Waals surface area contributed by atoms with Crippen molar-refractivity contribution < 1.29 is 9.53 Å². The molecular weight excluding hydrogens is 331 g/mol. The Morgan fingerprint density at radius 3 is 2.61 bits per heavy atom. The van der Waals surface area contributed by atoms with Crippen LogP contribution in [-0.4, -0.2) is 12.4 Å². The molecule has 1 unspecified atom stereocenters. The predicted octanol–water partition coefficient (Wildman–Crippen LogP) is 5.25. The molecule has 118 valence electrons. The van der Waals surface area contributed by atoms with Crippen LogP contribution in [0, 0.1) is 0 Å². The van der Waals surface area contributed by atoms with E-state index in [1.807, 2.05) is 43.3 Å². The molecule has 0 heterocycles. The monoisotopic (exact) mass is 346 g/mol.